The monoisotopic (exact) mass is 1110 g/mol. The van der Waals surface area contributed by atoms with Gasteiger partial charge in [0.15, 0.2) is 5.70 Å². The number of ether oxygens (including phenoxy) is 3. The number of hydrogen-bond donors (Lipinski definition) is 6. The SMILES string of the molecule is [C-]#[N+]C1=C(N(CCS)CCS)CC(C)(C)C/C1=C(/[N+]#[C-])C(=O)OCC(COC(=O)/C(C#N)=C1\CC(C)(C)CC(N(CCS)CCS)=C1C#N)COC(=O)/C(C#N)=C1\CC(C)(C)CC(N(CCS)CCS)=C1C#N. The number of thiol groups is 6. The second-order valence-corrected chi connectivity index (χ2v) is 22.8. The summed E-state index contributed by atoms with van der Waals surface area (Å²) in [6.45, 7) is 29.4. The maximum atomic E-state index is 14.1. The summed E-state index contributed by atoms with van der Waals surface area (Å²) >= 11 is 26.5. The number of hydrogen-bond acceptors (Lipinski definition) is 19. The van der Waals surface area contributed by atoms with Crippen LogP contribution < -0.4 is 0 Å². The lowest BCUT2D eigenvalue weighted by atomic mass is 9.72. The molecule has 0 saturated heterocycles. The molecule has 3 rings (SSSR count). The summed E-state index contributed by atoms with van der Waals surface area (Å²) in [5, 5.41) is 42.1. The van der Waals surface area contributed by atoms with Crippen LogP contribution in [-0.4, -0.2) is 126 Å². The lowest BCUT2D eigenvalue weighted by molar-refractivity contribution is -0.148. The molecule has 15 nitrogen and oxygen atoms in total. The van der Waals surface area contributed by atoms with Gasteiger partial charge in [-0.2, -0.15) is 96.8 Å². The largest absolute Gasteiger partial charge is 0.470 e. The van der Waals surface area contributed by atoms with Crippen molar-refractivity contribution < 1.29 is 28.6 Å². The molecule has 0 aromatic carbocycles. The fraction of sp³-hybridized carbons (Fsp3) is 0.596. The predicted octanol–water partition coefficient (Wildman–Crippen LogP) is 8.68. The summed E-state index contributed by atoms with van der Waals surface area (Å²) in [5.41, 5.74) is 0.458. The molecule has 0 unspecified atom stereocenters. The third-order valence-electron chi connectivity index (χ3n) is 12.5. The first kappa shape index (κ1) is 62.6. The second-order valence-electron chi connectivity index (χ2n) is 20.2. The molecule has 392 valence electrons. The molecule has 0 aliphatic heterocycles. The van der Waals surface area contributed by atoms with Crippen molar-refractivity contribution in [3.63, 3.8) is 0 Å². The van der Waals surface area contributed by atoms with Crippen LogP contribution in [0.2, 0.25) is 0 Å². The fourth-order valence-electron chi connectivity index (χ4n) is 9.36. The summed E-state index contributed by atoms with van der Waals surface area (Å²) in [5.74, 6) is -1.50. The molecule has 0 atom stereocenters. The lowest BCUT2D eigenvalue weighted by Crippen LogP contribution is -2.35. The van der Waals surface area contributed by atoms with Crippen LogP contribution >= 0.6 is 75.8 Å². The summed E-state index contributed by atoms with van der Waals surface area (Å²) in [6, 6.07) is 8.38. The van der Waals surface area contributed by atoms with Crippen LogP contribution in [-0.2, 0) is 28.6 Å². The zero-order valence-electron chi connectivity index (χ0n) is 42.6. The van der Waals surface area contributed by atoms with E-state index in [1.807, 2.05) is 68.4 Å². The van der Waals surface area contributed by atoms with Crippen molar-refractivity contribution in [1.29, 1.82) is 21.0 Å². The molecule has 0 aromatic rings. The summed E-state index contributed by atoms with van der Waals surface area (Å²) in [6.07, 6.45) is 2.08. The molecule has 73 heavy (non-hydrogen) atoms. The Balaban J connectivity index is 2.18. The zero-order chi connectivity index (χ0) is 54.7. The summed E-state index contributed by atoms with van der Waals surface area (Å²) in [7, 11) is 0. The first-order chi connectivity index (χ1) is 34.6. The van der Waals surface area contributed by atoms with Crippen LogP contribution in [0.3, 0.4) is 0 Å². The van der Waals surface area contributed by atoms with Gasteiger partial charge in [0.25, 0.3) is 5.70 Å². The van der Waals surface area contributed by atoms with Crippen LogP contribution in [0, 0.1) is 80.6 Å². The van der Waals surface area contributed by atoms with Gasteiger partial charge in [0.1, 0.15) is 48.6 Å². The van der Waals surface area contributed by atoms with E-state index in [1.54, 1.807) is 0 Å². The zero-order valence-corrected chi connectivity index (χ0v) is 48.0. The molecule has 0 saturated carbocycles. The number of nitriles is 4. The number of rotatable bonds is 24. The highest BCUT2D eigenvalue weighted by atomic mass is 32.1. The molecule has 0 bridgehead atoms. The van der Waals surface area contributed by atoms with Crippen LogP contribution in [0.25, 0.3) is 9.69 Å². The van der Waals surface area contributed by atoms with Gasteiger partial charge in [0.05, 0.1) is 36.8 Å². The van der Waals surface area contributed by atoms with Crippen molar-refractivity contribution in [1.82, 2.24) is 14.7 Å². The number of carbonyl (C=O) groups excluding carboxylic acids is 3. The van der Waals surface area contributed by atoms with Crippen molar-refractivity contribution in [3.8, 4) is 24.3 Å². The first-order valence-electron chi connectivity index (χ1n) is 23.8. The maximum absolute atomic E-state index is 14.1. The van der Waals surface area contributed by atoms with Crippen molar-refractivity contribution in [2.45, 2.75) is 80.1 Å². The van der Waals surface area contributed by atoms with Gasteiger partial charge in [-0.25, -0.2) is 19.3 Å². The van der Waals surface area contributed by atoms with E-state index in [2.05, 4.69) is 97.6 Å². The molecule has 0 spiro atoms. The first-order valence-corrected chi connectivity index (χ1v) is 27.6. The van der Waals surface area contributed by atoms with Crippen molar-refractivity contribution in [2.24, 2.45) is 22.2 Å². The molecular weight excluding hydrogens is 1040 g/mol. The molecule has 0 fully saturated rings. The lowest BCUT2D eigenvalue weighted by Gasteiger charge is -2.39. The van der Waals surface area contributed by atoms with E-state index in [0.717, 1.165) is 0 Å². The van der Waals surface area contributed by atoms with E-state index in [9.17, 15) is 35.4 Å². The smallest absolute Gasteiger partial charge is 0.349 e. The molecule has 0 amide bonds. The minimum atomic E-state index is -1.14. The Morgan fingerprint density at radius 2 is 0.849 bits per heavy atom. The van der Waals surface area contributed by atoms with Crippen molar-refractivity contribution >= 4 is 93.7 Å². The van der Waals surface area contributed by atoms with Gasteiger partial charge in [0, 0.05) is 90.9 Å². The Hall–Kier alpha value is -4.71. The van der Waals surface area contributed by atoms with E-state index in [1.165, 1.54) is 0 Å². The summed E-state index contributed by atoms with van der Waals surface area (Å²) < 4.78 is 17.3. The Kier molecular flexibility index (Phi) is 25.2. The van der Waals surface area contributed by atoms with Gasteiger partial charge in [0.2, 0.25) is 0 Å². The van der Waals surface area contributed by atoms with Gasteiger partial charge < -0.3 is 28.9 Å². The van der Waals surface area contributed by atoms with Crippen LogP contribution in [0.4, 0.5) is 0 Å². The molecule has 0 radical (unpaired) electrons. The third-order valence-corrected chi connectivity index (χ3v) is 13.7. The highest BCUT2D eigenvalue weighted by molar-refractivity contribution is 7.81. The number of esters is 3. The van der Waals surface area contributed by atoms with Crippen molar-refractivity contribution in [3.05, 3.63) is 90.3 Å². The van der Waals surface area contributed by atoms with Crippen LogP contribution in [0.1, 0.15) is 80.1 Å². The van der Waals surface area contributed by atoms with Crippen LogP contribution in [0.5, 0.6) is 0 Å². The number of nitrogens with zero attached hydrogens (tertiary/aromatic N) is 9. The Labute approximate surface area is 465 Å². The minimum Gasteiger partial charge on any atom is -0.470 e. The van der Waals surface area contributed by atoms with Gasteiger partial charge in [-0.3, -0.25) is 4.79 Å². The van der Waals surface area contributed by atoms with E-state index in [0.29, 0.717) is 110 Å². The quantitative estimate of drug-likeness (QED) is 0.0135. The van der Waals surface area contributed by atoms with E-state index >= 15 is 0 Å². The molecule has 3 aliphatic carbocycles. The van der Waals surface area contributed by atoms with E-state index in [-0.39, 0.29) is 52.8 Å². The molecule has 0 N–H and O–H groups in total. The van der Waals surface area contributed by atoms with E-state index in [4.69, 9.17) is 27.4 Å². The minimum absolute atomic E-state index is 0.165. The average molecular weight is 1110 g/mol. The van der Waals surface area contributed by atoms with Gasteiger partial charge in [-0.05, 0) is 71.5 Å². The van der Waals surface area contributed by atoms with Gasteiger partial charge >= 0.3 is 17.9 Å². The highest BCUT2D eigenvalue weighted by Gasteiger charge is 2.40. The highest BCUT2D eigenvalue weighted by Crippen LogP contribution is 2.47. The number of allylic oxidation sites excluding steroid dienone is 8. The normalized spacial score (nSPS) is 18.9. The standard InChI is InChI=1S/C52H67N9O6S6/c1-50(2)21-35(38(27-53)42(24-50)59(9-15-68)10-16-69)40(29-55)47(62)65-31-34(32-66-48(63)41(30-56)36-22-51(3,4)25-43(39(36)28-54)60(11-17-70)12-18-71)33-67-49(64)46(58-8)37-23-52(5,6)26-44(45(37)57-7)61(13-19-72)14-20-73/h34,68-73H,9-26,31-33H2,1-6H3/b40-35+,41-36+,46-37-. The second kappa shape index (κ2) is 29.4. The molecule has 21 heteroatoms. The summed E-state index contributed by atoms with van der Waals surface area (Å²) in [4.78, 5) is 55.7. The maximum Gasteiger partial charge on any atom is 0.349 e. The van der Waals surface area contributed by atoms with Crippen molar-refractivity contribution in [2.75, 3.05) is 93.6 Å². The Morgan fingerprint density at radius 1 is 0.534 bits per heavy atom. The fourth-order valence-corrected chi connectivity index (χ4v) is 10.8. The number of carbonyl (C=O) groups is 3. The molecule has 0 aromatic heterocycles. The van der Waals surface area contributed by atoms with Gasteiger partial charge in [-0.15, -0.1) is 0 Å². The molecule has 3 aliphatic rings. The third kappa shape index (κ3) is 16.9. The Bertz CT molecular complexity index is 2260. The van der Waals surface area contributed by atoms with Crippen LogP contribution in [0.15, 0.2) is 67.5 Å². The topological polar surface area (TPSA) is 192 Å². The molecule has 0 heterocycles. The average Bonchev–Trinajstić information content (AvgIpc) is 3.33. The van der Waals surface area contributed by atoms with Gasteiger partial charge in [-0.1, -0.05) is 41.5 Å². The predicted molar refractivity (Wildman–Crippen MR) is 301 cm³/mol. The van der Waals surface area contributed by atoms with E-state index < -0.39 is 76.7 Å². The Morgan fingerprint density at radius 3 is 1.15 bits per heavy atom. The molecular formula is C52H67N9O6S6.